The van der Waals surface area contributed by atoms with Crippen LogP contribution < -0.4 is 11.1 Å². The third-order valence-electron chi connectivity index (χ3n) is 4.67. The first-order valence-electron chi connectivity index (χ1n) is 7.76. The zero-order valence-corrected chi connectivity index (χ0v) is 12.7. The minimum atomic E-state index is 0. The van der Waals surface area contributed by atoms with Crippen LogP contribution in [0.2, 0.25) is 0 Å². The molecule has 2 unspecified atom stereocenters. The SMILES string of the molecule is Cl.NC1CCCC(CNC(=O)CCC2CCCC2)C1. The van der Waals surface area contributed by atoms with Crippen LogP contribution in [0.1, 0.15) is 64.2 Å². The van der Waals surface area contributed by atoms with Gasteiger partial charge in [0.25, 0.3) is 0 Å². The molecule has 4 heteroatoms. The maximum atomic E-state index is 11.8. The minimum Gasteiger partial charge on any atom is -0.356 e. The molecule has 0 saturated heterocycles. The van der Waals surface area contributed by atoms with Gasteiger partial charge in [-0.15, -0.1) is 12.4 Å². The standard InChI is InChI=1S/C15H28N2O.ClH/c16-14-7-3-6-13(10-14)11-17-15(18)9-8-12-4-1-2-5-12;/h12-14H,1-11,16H2,(H,17,18);1H. The Hall–Kier alpha value is -0.280. The zero-order valence-electron chi connectivity index (χ0n) is 11.9. The molecular formula is C15H29ClN2O. The number of halogens is 1. The summed E-state index contributed by atoms with van der Waals surface area (Å²) in [5, 5.41) is 3.10. The Kier molecular flexibility index (Phi) is 7.77. The van der Waals surface area contributed by atoms with Crippen molar-refractivity contribution in [1.29, 1.82) is 0 Å². The van der Waals surface area contributed by atoms with Crippen molar-refractivity contribution >= 4 is 18.3 Å². The molecule has 3 N–H and O–H groups in total. The van der Waals surface area contributed by atoms with E-state index in [2.05, 4.69) is 5.32 Å². The third-order valence-corrected chi connectivity index (χ3v) is 4.67. The van der Waals surface area contributed by atoms with Gasteiger partial charge < -0.3 is 11.1 Å². The van der Waals surface area contributed by atoms with Gasteiger partial charge in [0.15, 0.2) is 0 Å². The summed E-state index contributed by atoms with van der Waals surface area (Å²) in [5.41, 5.74) is 5.96. The summed E-state index contributed by atoms with van der Waals surface area (Å²) in [6, 6.07) is 0.360. The smallest absolute Gasteiger partial charge is 0.220 e. The number of carbonyl (C=O) groups excluding carboxylic acids is 1. The fourth-order valence-corrected chi connectivity index (χ4v) is 3.50. The Bertz CT molecular complexity index is 267. The van der Waals surface area contributed by atoms with Crippen molar-refractivity contribution in [2.24, 2.45) is 17.6 Å². The lowest BCUT2D eigenvalue weighted by atomic mass is 9.86. The number of hydrogen-bond acceptors (Lipinski definition) is 2. The summed E-state index contributed by atoms with van der Waals surface area (Å²) >= 11 is 0. The molecule has 2 atom stereocenters. The summed E-state index contributed by atoms with van der Waals surface area (Å²) in [6.07, 6.45) is 11.9. The Morgan fingerprint density at radius 1 is 1.05 bits per heavy atom. The molecule has 0 bridgehead atoms. The predicted molar refractivity (Wildman–Crippen MR) is 81.4 cm³/mol. The van der Waals surface area contributed by atoms with Crippen molar-refractivity contribution in [1.82, 2.24) is 5.32 Å². The van der Waals surface area contributed by atoms with Crippen molar-refractivity contribution < 1.29 is 4.79 Å². The topological polar surface area (TPSA) is 55.1 Å². The number of amides is 1. The normalized spacial score (nSPS) is 27.8. The molecular weight excluding hydrogens is 260 g/mol. The van der Waals surface area contributed by atoms with Gasteiger partial charge in [-0.25, -0.2) is 0 Å². The molecule has 0 aliphatic heterocycles. The molecule has 2 aliphatic rings. The monoisotopic (exact) mass is 288 g/mol. The van der Waals surface area contributed by atoms with E-state index in [-0.39, 0.29) is 18.3 Å². The Morgan fingerprint density at radius 2 is 1.74 bits per heavy atom. The molecule has 0 aromatic heterocycles. The molecule has 1 amide bonds. The lowest BCUT2D eigenvalue weighted by Crippen LogP contribution is -2.35. The quantitative estimate of drug-likeness (QED) is 0.817. The van der Waals surface area contributed by atoms with Gasteiger partial charge >= 0.3 is 0 Å². The molecule has 2 fully saturated rings. The van der Waals surface area contributed by atoms with E-state index >= 15 is 0 Å². The first-order valence-corrected chi connectivity index (χ1v) is 7.76. The summed E-state index contributed by atoms with van der Waals surface area (Å²) in [6.45, 7) is 0.844. The first-order chi connectivity index (χ1) is 8.74. The molecule has 2 rings (SSSR count). The highest BCUT2D eigenvalue weighted by atomic mass is 35.5. The highest BCUT2D eigenvalue weighted by molar-refractivity contribution is 5.85. The van der Waals surface area contributed by atoms with Crippen LogP contribution in [0.5, 0.6) is 0 Å². The highest BCUT2D eigenvalue weighted by Crippen LogP contribution is 2.28. The molecule has 2 aliphatic carbocycles. The first kappa shape index (κ1) is 16.8. The highest BCUT2D eigenvalue weighted by Gasteiger charge is 2.20. The van der Waals surface area contributed by atoms with Crippen molar-refractivity contribution in [3.8, 4) is 0 Å². The predicted octanol–water partition coefficient (Wildman–Crippen LogP) is 3.01. The number of nitrogens with one attached hydrogen (secondary N) is 1. The molecule has 0 aromatic carbocycles. The van der Waals surface area contributed by atoms with Gasteiger partial charge in [0.05, 0.1) is 0 Å². The van der Waals surface area contributed by atoms with Crippen molar-refractivity contribution in [2.45, 2.75) is 70.3 Å². The van der Waals surface area contributed by atoms with Crippen LogP contribution >= 0.6 is 12.4 Å². The fourth-order valence-electron chi connectivity index (χ4n) is 3.50. The fraction of sp³-hybridized carbons (Fsp3) is 0.933. The average molecular weight is 289 g/mol. The van der Waals surface area contributed by atoms with Gasteiger partial charge in [-0.2, -0.15) is 0 Å². The van der Waals surface area contributed by atoms with E-state index in [0.29, 0.717) is 12.0 Å². The van der Waals surface area contributed by atoms with E-state index in [4.69, 9.17) is 5.73 Å². The van der Waals surface area contributed by atoms with Crippen LogP contribution in [-0.2, 0) is 4.79 Å². The number of rotatable bonds is 5. The second kappa shape index (κ2) is 8.80. The maximum Gasteiger partial charge on any atom is 0.220 e. The van der Waals surface area contributed by atoms with E-state index in [0.717, 1.165) is 38.1 Å². The van der Waals surface area contributed by atoms with Gasteiger partial charge in [-0.3, -0.25) is 4.79 Å². The lowest BCUT2D eigenvalue weighted by molar-refractivity contribution is -0.121. The van der Waals surface area contributed by atoms with E-state index in [1.165, 1.54) is 38.5 Å². The van der Waals surface area contributed by atoms with Gasteiger partial charge in [0.2, 0.25) is 5.91 Å². The zero-order chi connectivity index (χ0) is 12.8. The second-order valence-corrected chi connectivity index (χ2v) is 6.29. The van der Waals surface area contributed by atoms with Crippen LogP contribution in [-0.4, -0.2) is 18.5 Å². The third kappa shape index (κ3) is 6.13. The summed E-state index contributed by atoms with van der Waals surface area (Å²) in [7, 11) is 0. The van der Waals surface area contributed by atoms with Crippen LogP contribution in [0.15, 0.2) is 0 Å². The average Bonchev–Trinajstić information content (AvgIpc) is 2.87. The van der Waals surface area contributed by atoms with Crippen LogP contribution in [0.25, 0.3) is 0 Å². The largest absolute Gasteiger partial charge is 0.356 e. The Balaban J connectivity index is 0.00000180. The summed E-state index contributed by atoms with van der Waals surface area (Å²) in [5.74, 6) is 1.68. The van der Waals surface area contributed by atoms with Gasteiger partial charge in [-0.1, -0.05) is 32.1 Å². The van der Waals surface area contributed by atoms with Gasteiger partial charge in [0.1, 0.15) is 0 Å². The van der Waals surface area contributed by atoms with Crippen LogP contribution in [0.4, 0.5) is 0 Å². The molecule has 0 spiro atoms. The second-order valence-electron chi connectivity index (χ2n) is 6.29. The van der Waals surface area contributed by atoms with E-state index in [1.54, 1.807) is 0 Å². The molecule has 2 saturated carbocycles. The maximum absolute atomic E-state index is 11.8. The molecule has 19 heavy (non-hydrogen) atoms. The summed E-state index contributed by atoms with van der Waals surface area (Å²) in [4.78, 5) is 11.8. The minimum absolute atomic E-state index is 0. The Labute approximate surface area is 123 Å². The molecule has 0 heterocycles. The van der Waals surface area contributed by atoms with E-state index < -0.39 is 0 Å². The van der Waals surface area contributed by atoms with E-state index in [9.17, 15) is 4.79 Å². The molecule has 112 valence electrons. The van der Waals surface area contributed by atoms with Crippen LogP contribution in [0.3, 0.4) is 0 Å². The number of carbonyl (C=O) groups is 1. The van der Waals surface area contributed by atoms with E-state index in [1.807, 2.05) is 0 Å². The van der Waals surface area contributed by atoms with Crippen LogP contribution in [0, 0.1) is 11.8 Å². The Morgan fingerprint density at radius 3 is 2.42 bits per heavy atom. The number of nitrogens with two attached hydrogens (primary N) is 1. The summed E-state index contributed by atoms with van der Waals surface area (Å²) < 4.78 is 0. The van der Waals surface area contributed by atoms with Crippen molar-refractivity contribution in [3.63, 3.8) is 0 Å². The van der Waals surface area contributed by atoms with Gasteiger partial charge in [0, 0.05) is 19.0 Å². The van der Waals surface area contributed by atoms with Crippen molar-refractivity contribution in [2.75, 3.05) is 6.54 Å². The molecule has 3 nitrogen and oxygen atoms in total. The molecule has 0 aromatic rings. The lowest BCUT2D eigenvalue weighted by Gasteiger charge is -2.26. The van der Waals surface area contributed by atoms with Gasteiger partial charge in [-0.05, 0) is 37.5 Å². The molecule has 0 radical (unpaired) electrons. The number of hydrogen-bond donors (Lipinski definition) is 2. The van der Waals surface area contributed by atoms with Crippen molar-refractivity contribution in [3.05, 3.63) is 0 Å².